The highest BCUT2D eigenvalue weighted by Crippen LogP contribution is 2.34. The fourth-order valence-corrected chi connectivity index (χ4v) is 2.27. The zero-order valence-electron chi connectivity index (χ0n) is 9.96. The van der Waals surface area contributed by atoms with E-state index in [0.29, 0.717) is 6.61 Å². The molecule has 3 atom stereocenters. The van der Waals surface area contributed by atoms with Crippen LogP contribution in [0.4, 0.5) is 0 Å². The molecular formula is C12H17NO3S. The second-order valence-corrected chi connectivity index (χ2v) is 4.46. The number of hydrogen-bond acceptors (Lipinski definition) is 5. The second kappa shape index (κ2) is 5.84. The summed E-state index contributed by atoms with van der Waals surface area (Å²) in [6.45, 7) is 4.38. The quantitative estimate of drug-likeness (QED) is 0.661. The van der Waals surface area contributed by atoms with Crippen LogP contribution in [0.25, 0.3) is 0 Å². The second-order valence-electron chi connectivity index (χ2n) is 4.04. The van der Waals surface area contributed by atoms with Crippen molar-refractivity contribution in [3.05, 3.63) is 35.4 Å². The molecule has 3 unspecified atom stereocenters. The van der Waals surface area contributed by atoms with Gasteiger partial charge in [0.1, 0.15) is 12.2 Å². The summed E-state index contributed by atoms with van der Waals surface area (Å²) < 4.78 is 16.6. The van der Waals surface area contributed by atoms with Gasteiger partial charge < -0.3 is 9.47 Å². The van der Waals surface area contributed by atoms with Gasteiger partial charge in [0.15, 0.2) is 6.29 Å². The van der Waals surface area contributed by atoms with Crippen molar-refractivity contribution in [2.45, 2.75) is 32.3 Å². The molecule has 0 aliphatic carbocycles. The molecule has 0 bridgehead atoms. The van der Waals surface area contributed by atoms with Crippen LogP contribution < -0.4 is 5.14 Å². The first-order valence-electron chi connectivity index (χ1n) is 5.57. The number of benzene rings is 1. The molecular weight excluding hydrogens is 238 g/mol. The Labute approximate surface area is 106 Å². The monoisotopic (exact) mass is 255 g/mol. The van der Waals surface area contributed by atoms with E-state index in [4.69, 9.17) is 18.8 Å². The largest absolute Gasteiger partial charge is 0.344 e. The smallest absolute Gasteiger partial charge is 0.156 e. The van der Waals surface area contributed by atoms with E-state index >= 15 is 0 Å². The van der Waals surface area contributed by atoms with Crippen molar-refractivity contribution < 1.29 is 13.7 Å². The predicted molar refractivity (Wildman–Crippen MR) is 67.1 cm³/mol. The fourth-order valence-electron chi connectivity index (χ4n) is 2.06. The van der Waals surface area contributed by atoms with Crippen LogP contribution in [0.2, 0.25) is 0 Å². The normalized spacial score (nSPS) is 28.5. The molecule has 2 N–H and O–H groups in total. The Hall–Kier alpha value is -0.590. The molecule has 0 amide bonds. The van der Waals surface area contributed by atoms with E-state index in [1.54, 1.807) is 0 Å². The number of aryl methyl sites for hydroxylation is 1. The molecule has 1 aromatic rings. The van der Waals surface area contributed by atoms with Gasteiger partial charge in [-0.25, -0.2) is 0 Å². The van der Waals surface area contributed by atoms with Gasteiger partial charge in [-0.2, -0.15) is 0 Å². The van der Waals surface area contributed by atoms with E-state index in [9.17, 15) is 0 Å². The van der Waals surface area contributed by atoms with Gasteiger partial charge in [-0.3, -0.25) is 9.32 Å². The SMILES string of the molecule is Cc1ccccc1C1OC(C)OC1COSN. The minimum Gasteiger partial charge on any atom is -0.344 e. The summed E-state index contributed by atoms with van der Waals surface area (Å²) in [5, 5.41) is 5.25. The maximum atomic E-state index is 5.79. The molecule has 0 radical (unpaired) electrons. The van der Waals surface area contributed by atoms with Gasteiger partial charge in [0.2, 0.25) is 0 Å². The number of ether oxygens (including phenoxy) is 2. The highest BCUT2D eigenvalue weighted by molar-refractivity contribution is 7.92. The molecule has 2 rings (SSSR count). The molecule has 17 heavy (non-hydrogen) atoms. The third-order valence-electron chi connectivity index (χ3n) is 2.84. The summed E-state index contributed by atoms with van der Waals surface area (Å²) in [5.74, 6) is 0. The van der Waals surface area contributed by atoms with Crippen molar-refractivity contribution in [3.63, 3.8) is 0 Å². The van der Waals surface area contributed by atoms with Crippen molar-refractivity contribution >= 4 is 12.2 Å². The predicted octanol–water partition coefficient (Wildman–Crippen LogP) is 2.34. The van der Waals surface area contributed by atoms with Crippen molar-refractivity contribution in [1.29, 1.82) is 0 Å². The highest BCUT2D eigenvalue weighted by Gasteiger charge is 2.35. The van der Waals surface area contributed by atoms with Crippen molar-refractivity contribution in [2.24, 2.45) is 5.14 Å². The maximum absolute atomic E-state index is 5.79. The number of nitrogens with two attached hydrogens (primary N) is 1. The molecule has 94 valence electrons. The zero-order chi connectivity index (χ0) is 12.3. The standard InChI is InChI=1S/C12H17NO3S/c1-8-5-3-4-6-10(8)12-11(7-14-17-13)15-9(2)16-12/h3-6,9,11-12H,7,13H2,1-2H3. The Morgan fingerprint density at radius 1 is 1.35 bits per heavy atom. The van der Waals surface area contributed by atoms with Gasteiger partial charge in [-0.1, -0.05) is 24.3 Å². The van der Waals surface area contributed by atoms with Gasteiger partial charge in [0, 0.05) is 0 Å². The average Bonchev–Trinajstić information content (AvgIpc) is 2.68. The summed E-state index contributed by atoms with van der Waals surface area (Å²) in [5.41, 5.74) is 2.34. The zero-order valence-corrected chi connectivity index (χ0v) is 10.8. The summed E-state index contributed by atoms with van der Waals surface area (Å²) in [6, 6.07) is 8.14. The Morgan fingerprint density at radius 3 is 2.82 bits per heavy atom. The van der Waals surface area contributed by atoms with Crippen LogP contribution in [0.3, 0.4) is 0 Å². The molecule has 0 spiro atoms. The lowest BCUT2D eigenvalue weighted by atomic mass is 10.00. The van der Waals surface area contributed by atoms with Crippen LogP contribution in [-0.4, -0.2) is 19.0 Å². The van der Waals surface area contributed by atoms with E-state index in [0.717, 1.165) is 17.8 Å². The van der Waals surface area contributed by atoms with Crippen molar-refractivity contribution in [1.82, 2.24) is 0 Å². The lowest BCUT2D eigenvalue weighted by molar-refractivity contribution is -0.0545. The third-order valence-corrected chi connectivity index (χ3v) is 3.11. The van der Waals surface area contributed by atoms with Crippen molar-refractivity contribution in [3.8, 4) is 0 Å². The summed E-state index contributed by atoms with van der Waals surface area (Å²) >= 11 is 0.856. The maximum Gasteiger partial charge on any atom is 0.156 e. The number of rotatable bonds is 4. The van der Waals surface area contributed by atoms with E-state index in [2.05, 4.69) is 19.1 Å². The lowest BCUT2D eigenvalue weighted by Gasteiger charge is -2.18. The highest BCUT2D eigenvalue weighted by atomic mass is 32.2. The molecule has 0 saturated carbocycles. The molecule has 5 heteroatoms. The lowest BCUT2D eigenvalue weighted by Crippen LogP contribution is -2.21. The summed E-state index contributed by atoms with van der Waals surface area (Å²) in [6.07, 6.45) is -0.406. The van der Waals surface area contributed by atoms with Gasteiger partial charge in [0.05, 0.1) is 18.8 Å². The third kappa shape index (κ3) is 3.00. The molecule has 4 nitrogen and oxygen atoms in total. The first-order valence-corrected chi connectivity index (χ1v) is 6.37. The van der Waals surface area contributed by atoms with Gasteiger partial charge in [-0.15, -0.1) is 0 Å². The van der Waals surface area contributed by atoms with E-state index in [-0.39, 0.29) is 18.5 Å². The van der Waals surface area contributed by atoms with Gasteiger partial charge >= 0.3 is 0 Å². The first kappa shape index (κ1) is 12.9. The summed E-state index contributed by atoms with van der Waals surface area (Å²) in [4.78, 5) is 0. The van der Waals surface area contributed by atoms with Crippen LogP contribution in [0.15, 0.2) is 24.3 Å². The molecule has 1 aliphatic rings. The van der Waals surface area contributed by atoms with E-state index in [1.807, 2.05) is 19.1 Å². The van der Waals surface area contributed by atoms with Crippen LogP contribution in [0.5, 0.6) is 0 Å². The number of hydrogen-bond donors (Lipinski definition) is 1. The summed E-state index contributed by atoms with van der Waals surface area (Å²) in [7, 11) is 0. The molecule has 1 aliphatic heterocycles. The minimum atomic E-state index is -0.212. The molecule has 1 heterocycles. The first-order chi connectivity index (χ1) is 8.22. The Morgan fingerprint density at radius 2 is 2.12 bits per heavy atom. The van der Waals surface area contributed by atoms with Crippen LogP contribution >= 0.6 is 12.2 Å². The van der Waals surface area contributed by atoms with E-state index < -0.39 is 0 Å². The molecule has 0 aromatic heterocycles. The van der Waals surface area contributed by atoms with Crippen molar-refractivity contribution in [2.75, 3.05) is 6.61 Å². The minimum absolute atomic E-state index is 0.0849. The Bertz CT molecular complexity index is 375. The van der Waals surface area contributed by atoms with Crippen LogP contribution in [0.1, 0.15) is 24.2 Å². The van der Waals surface area contributed by atoms with Crippen LogP contribution in [0, 0.1) is 6.92 Å². The average molecular weight is 255 g/mol. The molecule has 1 aromatic carbocycles. The van der Waals surface area contributed by atoms with E-state index in [1.165, 1.54) is 5.56 Å². The fraction of sp³-hybridized carbons (Fsp3) is 0.500. The Kier molecular flexibility index (Phi) is 4.42. The Balaban J connectivity index is 2.15. The van der Waals surface area contributed by atoms with Crippen LogP contribution in [-0.2, 0) is 13.7 Å². The molecule has 1 saturated heterocycles. The van der Waals surface area contributed by atoms with Gasteiger partial charge in [0.25, 0.3) is 0 Å². The van der Waals surface area contributed by atoms with Gasteiger partial charge in [-0.05, 0) is 25.0 Å². The topological polar surface area (TPSA) is 53.7 Å². The molecule has 1 fully saturated rings.